The van der Waals surface area contributed by atoms with Gasteiger partial charge in [-0.2, -0.15) is 0 Å². The summed E-state index contributed by atoms with van der Waals surface area (Å²) in [6, 6.07) is 0.397. The van der Waals surface area contributed by atoms with E-state index in [0.29, 0.717) is 12.5 Å². The van der Waals surface area contributed by atoms with Crippen LogP contribution >= 0.6 is 0 Å². The van der Waals surface area contributed by atoms with Gasteiger partial charge in [-0.1, -0.05) is 13.3 Å². The summed E-state index contributed by atoms with van der Waals surface area (Å²) in [5, 5.41) is 1.81. The molecule has 12 heavy (non-hydrogen) atoms. The van der Waals surface area contributed by atoms with Gasteiger partial charge in [0.2, 0.25) is 0 Å². The SMILES string of the molecule is CCC(=O)ON1CCCCC1C. The van der Waals surface area contributed by atoms with E-state index in [-0.39, 0.29) is 5.97 Å². The molecule has 70 valence electrons. The minimum absolute atomic E-state index is 0.122. The van der Waals surface area contributed by atoms with Crippen LogP contribution in [0.25, 0.3) is 0 Å². The lowest BCUT2D eigenvalue weighted by Crippen LogP contribution is -2.38. The van der Waals surface area contributed by atoms with Gasteiger partial charge < -0.3 is 4.84 Å². The van der Waals surface area contributed by atoms with E-state index in [0.717, 1.165) is 19.4 Å². The molecule has 0 aromatic carbocycles. The summed E-state index contributed by atoms with van der Waals surface area (Å²) < 4.78 is 0. The van der Waals surface area contributed by atoms with Gasteiger partial charge >= 0.3 is 5.97 Å². The summed E-state index contributed by atoms with van der Waals surface area (Å²) in [4.78, 5) is 16.1. The molecule has 1 heterocycles. The van der Waals surface area contributed by atoms with Gasteiger partial charge in [0.1, 0.15) is 0 Å². The highest BCUT2D eigenvalue weighted by atomic mass is 16.7. The third-order valence-corrected chi connectivity index (χ3v) is 2.25. The van der Waals surface area contributed by atoms with Crippen LogP contribution in [0, 0.1) is 0 Å². The first-order valence-corrected chi connectivity index (χ1v) is 4.71. The van der Waals surface area contributed by atoms with Crippen LogP contribution in [0.1, 0.15) is 39.5 Å². The second-order valence-corrected chi connectivity index (χ2v) is 3.30. The molecule has 1 atom stereocenters. The first-order chi connectivity index (χ1) is 5.74. The van der Waals surface area contributed by atoms with Crippen LogP contribution < -0.4 is 0 Å². The van der Waals surface area contributed by atoms with E-state index in [1.165, 1.54) is 6.42 Å². The molecular formula is C9H17NO2. The molecule has 0 saturated carbocycles. The number of rotatable bonds is 2. The molecule has 0 aliphatic carbocycles. The van der Waals surface area contributed by atoms with E-state index >= 15 is 0 Å². The van der Waals surface area contributed by atoms with Gasteiger partial charge in [-0.3, -0.25) is 4.79 Å². The second kappa shape index (κ2) is 4.45. The fourth-order valence-corrected chi connectivity index (χ4v) is 1.40. The number of piperidine rings is 1. The number of carbonyl (C=O) groups is 1. The van der Waals surface area contributed by atoms with Gasteiger partial charge in [0.25, 0.3) is 0 Å². The number of hydrogen-bond acceptors (Lipinski definition) is 3. The maximum Gasteiger partial charge on any atom is 0.324 e. The number of hydroxylamine groups is 2. The summed E-state index contributed by atoms with van der Waals surface area (Å²) in [5.74, 6) is -0.122. The fourth-order valence-electron chi connectivity index (χ4n) is 1.40. The number of carbonyl (C=O) groups excluding carboxylic acids is 1. The molecule has 1 rings (SSSR count). The lowest BCUT2D eigenvalue weighted by molar-refractivity contribution is -0.205. The highest BCUT2D eigenvalue weighted by Crippen LogP contribution is 2.16. The van der Waals surface area contributed by atoms with Crippen LogP contribution in [-0.2, 0) is 9.63 Å². The molecule has 0 amide bonds. The van der Waals surface area contributed by atoms with Crippen molar-refractivity contribution in [3.05, 3.63) is 0 Å². The normalized spacial score (nSPS) is 25.3. The Labute approximate surface area is 73.6 Å². The molecule has 1 aliphatic heterocycles. The molecule has 0 N–H and O–H groups in total. The Balaban J connectivity index is 2.33. The molecule has 3 nitrogen and oxygen atoms in total. The molecule has 1 unspecified atom stereocenters. The average Bonchev–Trinajstić information content (AvgIpc) is 2.09. The van der Waals surface area contributed by atoms with Crippen LogP contribution in [-0.4, -0.2) is 23.6 Å². The van der Waals surface area contributed by atoms with Gasteiger partial charge in [0.15, 0.2) is 0 Å². The van der Waals surface area contributed by atoms with Gasteiger partial charge in [0, 0.05) is 19.0 Å². The number of hydrogen-bond donors (Lipinski definition) is 0. The first-order valence-electron chi connectivity index (χ1n) is 4.71. The lowest BCUT2D eigenvalue weighted by atomic mass is 10.1. The van der Waals surface area contributed by atoms with E-state index in [2.05, 4.69) is 6.92 Å². The predicted octanol–water partition coefficient (Wildman–Crippen LogP) is 1.73. The highest BCUT2D eigenvalue weighted by Gasteiger charge is 2.20. The minimum atomic E-state index is -0.122. The standard InChI is InChI=1S/C9H17NO2/c1-3-9(11)12-10-7-5-4-6-8(10)2/h8H,3-7H2,1-2H3. The maximum atomic E-state index is 11.0. The van der Waals surface area contributed by atoms with Crippen molar-refractivity contribution in [3.63, 3.8) is 0 Å². The molecule has 0 bridgehead atoms. The van der Waals surface area contributed by atoms with Gasteiger partial charge in [-0.25, -0.2) is 0 Å². The van der Waals surface area contributed by atoms with Gasteiger partial charge in [-0.05, 0) is 19.8 Å². The zero-order chi connectivity index (χ0) is 8.97. The molecule has 0 aromatic rings. The smallest absolute Gasteiger partial charge is 0.324 e. The topological polar surface area (TPSA) is 29.5 Å². The largest absolute Gasteiger partial charge is 0.368 e. The van der Waals surface area contributed by atoms with E-state index in [9.17, 15) is 4.79 Å². The van der Waals surface area contributed by atoms with Crippen LogP contribution in [0.4, 0.5) is 0 Å². The van der Waals surface area contributed by atoms with E-state index < -0.39 is 0 Å². The van der Waals surface area contributed by atoms with E-state index in [1.807, 2.05) is 12.0 Å². The van der Waals surface area contributed by atoms with Crippen molar-refractivity contribution < 1.29 is 9.63 Å². The second-order valence-electron chi connectivity index (χ2n) is 3.30. The van der Waals surface area contributed by atoms with Crippen molar-refractivity contribution >= 4 is 5.97 Å². The summed E-state index contributed by atoms with van der Waals surface area (Å²) in [7, 11) is 0. The van der Waals surface area contributed by atoms with E-state index in [1.54, 1.807) is 0 Å². The van der Waals surface area contributed by atoms with Crippen LogP contribution in [0.2, 0.25) is 0 Å². The highest BCUT2D eigenvalue weighted by molar-refractivity contribution is 5.68. The van der Waals surface area contributed by atoms with Gasteiger partial charge in [-0.15, -0.1) is 5.06 Å². The van der Waals surface area contributed by atoms with Crippen molar-refractivity contribution in [1.82, 2.24) is 5.06 Å². The van der Waals surface area contributed by atoms with Crippen LogP contribution in [0.3, 0.4) is 0 Å². The summed E-state index contributed by atoms with van der Waals surface area (Å²) in [6.45, 7) is 4.81. The van der Waals surface area contributed by atoms with Crippen molar-refractivity contribution in [2.24, 2.45) is 0 Å². The molecular weight excluding hydrogens is 154 g/mol. The van der Waals surface area contributed by atoms with Crippen LogP contribution in [0.15, 0.2) is 0 Å². The molecule has 1 fully saturated rings. The monoisotopic (exact) mass is 171 g/mol. The van der Waals surface area contributed by atoms with Crippen molar-refractivity contribution in [1.29, 1.82) is 0 Å². The predicted molar refractivity (Wildman–Crippen MR) is 46.4 cm³/mol. The molecule has 0 spiro atoms. The minimum Gasteiger partial charge on any atom is -0.368 e. The third kappa shape index (κ3) is 2.48. The fraction of sp³-hybridized carbons (Fsp3) is 0.889. The Morgan fingerprint density at radius 1 is 1.58 bits per heavy atom. The molecule has 1 aliphatic rings. The lowest BCUT2D eigenvalue weighted by Gasteiger charge is -2.31. The molecule has 1 saturated heterocycles. The molecule has 0 radical (unpaired) electrons. The Kier molecular flexibility index (Phi) is 3.53. The Morgan fingerprint density at radius 2 is 2.33 bits per heavy atom. The molecule has 3 heteroatoms. The number of nitrogens with zero attached hydrogens (tertiary/aromatic N) is 1. The van der Waals surface area contributed by atoms with E-state index in [4.69, 9.17) is 4.84 Å². The summed E-state index contributed by atoms with van der Waals surface area (Å²) in [6.07, 6.45) is 3.99. The Bertz CT molecular complexity index is 159. The quantitative estimate of drug-likeness (QED) is 0.633. The molecule has 0 aromatic heterocycles. The summed E-state index contributed by atoms with van der Waals surface area (Å²) >= 11 is 0. The van der Waals surface area contributed by atoms with Crippen molar-refractivity contribution in [2.75, 3.05) is 6.54 Å². The van der Waals surface area contributed by atoms with Crippen molar-refractivity contribution in [2.45, 2.75) is 45.6 Å². The first kappa shape index (κ1) is 9.52. The third-order valence-electron chi connectivity index (χ3n) is 2.25. The Morgan fingerprint density at radius 3 is 2.92 bits per heavy atom. The van der Waals surface area contributed by atoms with Crippen molar-refractivity contribution in [3.8, 4) is 0 Å². The maximum absolute atomic E-state index is 11.0. The van der Waals surface area contributed by atoms with Gasteiger partial charge in [0.05, 0.1) is 0 Å². The summed E-state index contributed by atoms with van der Waals surface area (Å²) in [5.41, 5.74) is 0. The average molecular weight is 171 g/mol. The van der Waals surface area contributed by atoms with Crippen LogP contribution in [0.5, 0.6) is 0 Å². The zero-order valence-electron chi connectivity index (χ0n) is 7.88. The Hall–Kier alpha value is -0.570. The zero-order valence-corrected chi connectivity index (χ0v) is 7.88.